The molecule has 28 heavy (non-hydrogen) atoms. The first-order valence-electron chi connectivity index (χ1n) is 8.39. The van der Waals surface area contributed by atoms with Gasteiger partial charge in [-0.05, 0) is 57.8 Å². The summed E-state index contributed by atoms with van der Waals surface area (Å²) in [6, 6.07) is 18.9. The van der Waals surface area contributed by atoms with Crippen molar-refractivity contribution in [3.05, 3.63) is 69.3 Å². The number of nitrogens with one attached hydrogen (secondary N) is 1. The van der Waals surface area contributed by atoms with E-state index in [-0.39, 0.29) is 5.57 Å². The minimum Gasteiger partial charge on any atom is -0.493 e. The summed E-state index contributed by atoms with van der Waals surface area (Å²) >= 11 is 2.12. The third kappa shape index (κ3) is 4.10. The van der Waals surface area contributed by atoms with Crippen LogP contribution in [-0.2, 0) is 4.79 Å². The van der Waals surface area contributed by atoms with Crippen LogP contribution in [0.4, 0.5) is 5.69 Å². The molecule has 5 nitrogen and oxygen atoms in total. The number of rotatable bonds is 5. The lowest BCUT2D eigenvalue weighted by Crippen LogP contribution is -2.13. The number of carbonyl (C=O) groups is 1. The molecule has 0 fully saturated rings. The lowest BCUT2D eigenvalue weighted by molar-refractivity contribution is -0.112. The molecule has 3 aromatic carbocycles. The monoisotopic (exact) mass is 484 g/mol. The molecule has 0 bridgehead atoms. The smallest absolute Gasteiger partial charge is 0.266 e. The normalized spacial score (nSPS) is 11.0. The Morgan fingerprint density at radius 2 is 1.86 bits per heavy atom. The van der Waals surface area contributed by atoms with Crippen LogP contribution < -0.4 is 14.8 Å². The second-order valence-electron chi connectivity index (χ2n) is 5.89. The summed E-state index contributed by atoms with van der Waals surface area (Å²) in [5.74, 6) is 0.676. The topological polar surface area (TPSA) is 71.3 Å². The highest BCUT2D eigenvalue weighted by atomic mass is 127. The average molecular weight is 484 g/mol. The van der Waals surface area contributed by atoms with Crippen molar-refractivity contribution in [3.63, 3.8) is 0 Å². The van der Waals surface area contributed by atoms with Crippen molar-refractivity contribution in [1.82, 2.24) is 0 Å². The molecule has 0 spiro atoms. The Morgan fingerprint density at radius 3 is 2.57 bits per heavy atom. The fourth-order valence-corrected chi connectivity index (χ4v) is 3.71. The van der Waals surface area contributed by atoms with Crippen LogP contribution in [0.25, 0.3) is 16.8 Å². The van der Waals surface area contributed by atoms with Gasteiger partial charge in [0.1, 0.15) is 11.6 Å². The first kappa shape index (κ1) is 19.7. The molecule has 0 aromatic heterocycles. The Hall–Kier alpha value is -3.05. The number of anilines is 1. The van der Waals surface area contributed by atoms with Crippen molar-refractivity contribution in [1.29, 1.82) is 5.26 Å². The molecule has 6 heteroatoms. The van der Waals surface area contributed by atoms with Crippen LogP contribution in [0, 0.1) is 14.9 Å². The second kappa shape index (κ2) is 8.76. The average Bonchev–Trinajstić information content (AvgIpc) is 2.71. The Kier molecular flexibility index (Phi) is 6.16. The van der Waals surface area contributed by atoms with Gasteiger partial charge in [0.25, 0.3) is 5.91 Å². The highest BCUT2D eigenvalue weighted by Gasteiger charge is 2.14. The van der Waals surface area contributed by atoms with E-state index in [9.17, 15) is 10.1 Å². The SMILES string of the molecule is COc1cc(/C=C(\C#N)C(=O)Nc2cccc3ccccc23)cc(I)c1OC. The summed E-state index contributed by atoms with van der Waals surface area (Å²) in [6.45, 7) is 0. The van der Waals surface area contributed by atoms with E-state index in [4.69, 9.17) is 9.47 Å². The minimum atomic E-state index is -0.469. The molecule has 0 aliphatic rings. The molecule has 0 heterocycles. The van der Waals surface area contributed by atoms with Crippen LogP contribution in [-0.4, -0.2) is 20.1 Å². The number of benzene rings is 3. The van der Waals surface area contributed by atoms with Gasteiger partial charge in [-0.1, -0.05) is 36.4 Å². The van der Waals surface area contributed by atoms with Crippen LogP contribution in [0.3, 0.4) is 0 Å². The predicted octanol–water partition coefficient (Wildman–Crippen LogP) is 5.01. The molecule has 0 saturated carbocycles. The third-order valence-electron chi connectivity index (χ3n) is 4.17. The molecular formula is C22H17IN2O3. The fraction of sp³-hybridized carbons (Fsp3) is 0.0909. The molecule has 0 radical (unpaired) electrons. The standard InChI is InChI=1S/C22H17IN2O3/c1-27-20-12-14(11-18(23)21(20)28-2)10-16(13-24)22(26)25-19-9-5-7-15-6-3-4-8-17(15)19/h3-12H,1-2H3,(H,25,26)/b16-10+. The quantitative estimate of drug-likeness (QED) is 0.314. The zero-order chi connectivity index (χ0) is 20.1. The van der Waals surface area contributed by atoms with E-state index in [1.54, 1.807) is 20.3 Å². The van der Waals surface area contributed by atoms with Crippen LogP contribution in [0.1, 0.15) is 5.56 Å². The van der Waals surface area contributed by atoms with Crippen molar-refractivity contribution in [3.8, 4) is 17.6 Å². The summed E-state index contributed by atoms with van der Waals surface area (Å²) in [5, 5.41) is 14.3. The van der Waals surface area contributed by atoms with E-state index in [0.717, 1.165) is 14.3 Å². The van der Waals surface area contributed by atoms with Crippen LogP contribution >= 0.6 is 22.6 Å². The summed E-state index contributed by atoms with van der Waals surface area (Å²) in [5.41, 5.74) is 1.33. The highest BCUT2D eigenvalue weighted by molar-refractivity contribution is 14.1. The molecule has 0 saturated heterocycles. The summed E-state index contributed by atoms with van der Waals surface area (Å²) in [4.78, 5) is 12.7. The third-order valence-corrected chi connectivity index (χ3v) is 4.97. The lowest BCUT2D eigenvalue weighted by atomic mass is 10.1. The molecule has 0 atom stereocenters. The number of ether oxygens (including phenoxy) is 2. The van der Waals surface area contributed by atoms with Crippen LogP contribution in [0.2, 0.25) is 0 Å². The van der Waals surface area contributed by atoms with Gasteiger partial charge in [-0.25, -0.2) is 0 Å². The number of hydrogen-bond donors (Lipinski definition) is 1. The minimum absolute atomic E-state index is 0.00375. The van der Waals surface area contributed by atoms with Crippen LogP contribution in [0.5, 0.6) is 11.5 Å². The van der Waals surface area contributed by atoms with Crippen molar-refractivity contribution in [2.24, 2.45) is 0 Å². The molecular weight excluding hydrogens is 467 g/mol. The highest BCUT2D eigenvalue weighted by Crippen LogP contribution is 2.34. The Labute approximate surface area is 176 Å². The first-order chi connectivity index (χ1) is 13.6. The van der Waals surface area contributed by atoms with Gasteiger partial charge in [0.05, 0.1) is 17.8 Å². The molecule has 0 unspecified atom stereocenters. The summed E-state index contributed by atoms with van der Waals surface area (Å²) in [6.07, 6.45) is 1.53. The van der Waals surface area contributed by atoms with Gasteiger partial charge in [-0.2, -0.15) is 5.26 Å². The number of nitrogens with zero attached hydrogens (tertiary/aromatic N) is 1. The van der Waals surface area contributed by atoms with Gasteiger partial charge in [0.15, 0.2) is 11.5 Å². The molecule has 3 rings (SSSR count). The number of nitriles is 1. The van der Waals surface area contributed by atoms with Crippen LogP contribution in [0.15, 0.2) is 60.2 Å². The molecule has 1 amide bonds. The van der Waals surface area contributed by atoms with Crippen molar-refractivity contribution in [2.75, 3.05) is 19.5 Å². The maximum absolute atomic E-state index is 12.7. The number of carbonyl (C=O) groups excluding carboxylic acids is 1. The maximum Gasteiger partial charge on any atom is 0.266 e. The summed E-state index contributed by atoms with van der Waals surface area (Å²) in [7, 11) is 3.10. The molecule has 0 aliphatic heterocycles. The maximum atomic E-state index is 12.7. The lowest BCUT2D eigenvalue weighted by Gasteiger charge is -2.11. The van der Waals surface area contributed by atoms with Gasteiger partial charge in [0, 0.05) is 11.1 Å². The van der Waals surface area contributed by atoms with Gasteiger partial charge in [-0.15, -0.1) is 0 Å². The molecule has 0 aliphatic carbocycles. The van der Waals surface area contributed by atoms with E-state index in [1.807, 2.05) is 54.6 Å². The fourth-order valence-electron chi connectivity index (χ4n) is 2.86. The van der Waals surface area contributed by atoms with Crippen molar-refractivity contribution < 1.29 is 14.3 Å². The van der Waals surface area contributed by atoms with E-state index in [1.165, 1.54) is 6.08 Å². The number of methoxy groups -OCH3 is 2. The number of amides is 1. The first-order valence-corrected chi connectivity index (χ1v) is 9.47. The van der Waals surface area contributed by atoms with Gasteiger partial charge in [0.2, 0.25) is 0 Å². The largest absolute Gasteiger partial charge is 0.493 e. The van der Waals surface area contributed by atoms with E-state index < -0.39 is 5.91 Å². The number of halogens is 1. The zero-order valence-corrected chi connectivity index (χ0v) is 17.5. The number of hydrogen-bond acceptors (Lipinski definition) is 4. The number of fused-ring (bicyclic) bond motifs is 1. The Morgan fingerprint density at radius 1 is 1.11 bits per heavy atom. The zero-order valence-electron chi connectivity index (χ0n) is 15.3. The van der Waals surface area contributed by atoms with E-state index in [2.05, 4.69) is 27.9 Å². The molecule has 140 valence electrons. The Bertz CT molecular complexity index is 1110. The van der Waals surface area contributed by atoms with Gasteiger partial charge >= 0.3 is 0 Å². The second-order valence-corrected chi connectivity index (χ2v) is 7.05. The van der Waals surface area contributed by atoms with Crippen molar-refractivity contribution in [2.45, 2.75) is 0 Å². The molecule has 1 N–H and O–H groups in total. The van der Waals surface area contributed by atoms with E-state index in [0.29, 0.717) is 22.7 Å². The molecule has 3 aromatic rings. The van der Waals surface area contributed by atoms with Gasteiger partial charge < -0.3 is 14.8 Å². The van der Waals surface area contributed by atoms with E-state index >= 15 is 0 Å². The van der Waals surface area contributed by atoms with Gasteiger partial charge in [-0.3, -0.25) is 4.79 Å². The Balaban J connectivity index is 1.94. The predicted molar refractivity (Wildman–Crippen MR) is 118 cm³/mol. The summed E-state index contributed by atoms with van der Waals surface area (Å²) < 4.78 is 11.5. The van der Waals surface area contributed by atoms with Crippen molar-refractivity contribution >= 4 is 51.0 Å².